The molecule has 0 bridgehead atoms. The van der Waals surface area contributed by atoms with Crippen molar-refractivity contribution >= 4 is 6.09 Å². The number of benzene rings is 3. The molecule has 0 saturated heterocycles. The Bertz CT molecular complexity index is 1200. The minimum Gasteiger partial charge on any atom is -0.496 e. The number of hydrogen-bond acceptors (Lipinski definition) is 3. The number of amides is 1. The van der Waals surface area contributed by atoms with Crippen molar-refractivity contribution in [1.29, 1.82) is 0 Å². The molecule has 33 heavy (non-hydrogen) atoms. The average Bonchev–Trinajstić information content (AvgIpc) is 3.13. The molecule has 0 aliphatic heterocycles. The average molecular weight is 451 g/mol. The highest BCUT2D eigenvalue weighted by Crippen LogP contribution is 2.44. The molecule has 4 rings (SSSR count). The van der Waals surface area contributed by atoms with Crippen molar-refractivity contribution in [3.8, 4) is 28.7 Å². The maximum Gasteiger partial charge on any atom is 0.420 e. The fourth-order valence-corrected chi connectivity index (χ4v) is 3.92. The molecule has 0 spiro atoms. The summed E-state index contributed by atoms with van der Waals surface area (Å²) >= 11 is 0. The van der Waals surface area contributed by atoms with Crippen molar-refractivity contribution in [2.24, 2.45) is 0 Å². The summed E-state index contributed by atoms with van der Waals surface area (Å²) < 4.78 is 49.5. The molecule has 0 radical (unpaired) electrons. The van der Waals surface area contributed by atoms with Crippen LogP contribution < -0.4 is 10.1 Å². The Kier molecular flexibility index (Phi) is 6.27. The molecule has 1 amide bonds. The quantitative estimate of drug-likeness (QED) is 0.525. The van der Waals surface area contributed by atoms with Gasteiger partial charge in [0, 0.05) is 11.5 Å². The number of carbonyl (C=O) groups excluding carboxylic acids is 1. The minimum absolute atomic E-state index is 0.0608. The Morgan fingerprint density at radius 1 is 1.00 bits per heavy atom. The molecule has 0 aromatic heterocycles. The van der Waals surface area contributed by atoms with Gasteiger partial charge in [0.1, 0.15) is 12.4 Å². The van der Waals surface area contributed by atoms with E-state index in [1.54, 1.807) is 0 Å². The zero-order valence-electron chi connectivity index (χ0n) is 17.7. The second-order valence-electron chi connectivity index (χ2n) is 7.39. The van der Waals surface area contributed by atoms with Crippen LogP contribution in [0.15, 0.2) is 66.7 Å². The molecule has 0 atom stereocenters. The number of hydrogen-bond donors (Lipinski definition) is 1. The Labute approximate surface area is 189 Å². The zero-order chi connectivity index (χ0) is 23.4. The predicted octanol–water partition coefficient (Wildman–Crippen LogP) is 5.60. The van der Waals surface area contributed by atoms with Crippen LogP contribution >= 0.6 is 0 Å². The molecule has 1 aliphatic rings. The van der Waals surface area contributed by atoms with E-state index in [1.165, 1.54) is 19.2 Å². The van der Waals surface area contributed by atoms with E-state index in [0.29, 0.717) is 0 Å². The van der Waals surface area contributed by atoms with Crippen molar-refractivity contribution < 1.29 is 27.4 Å². The predicted molar refractivity (Wildman–Crippen MR) is 118 cm³/mol. The van der Waals surface area contributed by atoms with Gasteiger partial charge in [-0.3, -0.25) is 0 Å². The van der Waals surface area contributed by atoms with Crippen LogP contribution in [-0.2, 0) is 10.9 Å². The molecule has 0 fully saturated rings. The zero-order valence-corrected chi connectivity index (χ0v) is 17.7. The topological polar surface area (TPSA) is 47.6 Å². The summed E-state index contributed by atoms with van der Waals surface area (Å²) in [4.78, 5) is 12.1. The standard InChI is InChI=1S/C26H20F3NO3/c1-32-24-13-12-17(15-23(24)26(27,28)29)7-6-14-30-25(31)33-16-22-20-10-4-2-8-18(20)19-9-3-5-11-21(19)22/h2-5,8-13,15,22H,14,16H2,1H3,(H,30,31). The van der Waals surface area contributed by atoms with E-state index in [-0.39, 0.29) is 30.4 Å². The Balaban J connectivity index is 1.35. The van der Waals surface area contributed by atoms with Gasteiger partial charge in [0.2, 0.25) is 0 Å². The van der Waals surface area contributed by atoms with Crippen LogP contribution in [-0.4, -0.2) is 26.4 Å². The highest BCUT2D eigenvalue weighted by Gasteiger charge is 2.34. The summed E-state index contributed by atoms with van der Waals surface area (Å²) in [5, 5.41) is 2.51. The smallest absolute Gasteiger partial charge is 0.420 e. The normalized spacial score (nSPS) is 12.2. The summed E-state index contributed by atoms with van der Waals surface area (Å²) in [5.41, 5.74) is 3.73. The largest absolute Gasteiger partial charge is 0.496 e. The van der Waals surface area contributed by atoms with Crippen LogP contribution in [0.3, 0.4) is 0 Å². The number of alkyl halides is 3. The Morgan fingerprint density at radius 3 is 2.24 bits per heavy atom. The molecule has 3 aromatic rings. The Hall–Kier alpha value is -3.92. The highest BCUT2D eigenvalue weighted by atomic mass is 19.4. The number of rotatable bonds is 4. The molecule has 168 valence electrons. The number of ether oxygens (including phenoxy) is 2. The van der Waals surface area contributed by atoms with Crippen LogP contribution in [0.2, 0.25) is 0 Å². The van der Waals surface area contributed by atoms with Gasteiger partial charge in [0.15, 0.2) is 0 Å². The fraction of sp³-hybridized carbons (Fsp3) is 0.192. The number of carbonyl (C=O) groups is 1. The van der Waals surface area contributed by atoms with E-state index < -0.39 is 17.8 Å². The van der Waals surface area contributed by atoms with E-state index in [2.05, 4.69) is 17.2 Å². The lowest BCUT2D eigenvalue weighted by atomic mass is 9.98. The van der Waals surface area contributed by atoms with E-state index in [1.807, 2.05) is 48.5 Å². The van der Waals surface area contributed by atoms with Gasteiger partial charge >= 0.3 is 12.3 Å². The monoisotopic (exact) mass is 451 g/mol. The SMILES string of the molecule is COc1ccc(C#CCNC(=O)OCC2c3ccccc3-c3ccccc32)cc1C(F)(F)F. The lowest BCUT2D eigenvalue weighted by Crippen LogP contribution is -2.26. The van der Waals surface area contributed by atoms with Gasteiger partial charge in [0.05, 0.1) is 19.2 Å². The number of fused-ring (bicyclic) bond motifs is 3. The van der Waals surface area contributed by atoms with E-state index in [0.717, 1.165) is 28.3 Å². The van der Waals surface area contributed by atoms with E-state index >= 15 is 0 Å². The van der Waals surface area contributed by atoms with Crippen LogP contribution in [0, 0.1) is 11.8 Å². The third-order valence-electron chi connectivity index (χ3n) is 5.40. The van der Waals surface area contributed by atoms with Gasteiger partial charge in [0.25, 0.3) is 0 Å². The number of alkyl carbamates (subject to hydrolysis) is 1. The van der Waals surface area contributed by atoms with Gasteiger partial charge in [-0.1, -0.05) is 60.4 Å². The van der Waals surface area contributed by atoms with Crippen molar-refractivity contribution in [3.05, 3.63) is 89.0 Å². The maximum atomic E-state index is 13.1. The summed E-state index contributed by atoms with van der Waals surface area (Å²) in [7, 11) is 1.17. The third kappa shape index (κ3) is 4.80. The highest BCUT2D eigenvalue weighted by molar-refractivity contribution is 5.79. The first-order valence-electron chi connectivity index (χ1n) is 10.2. The molecule has 0 unspecified atom stereocenters. The first-order chi connectivity index (χ1) is 15.9. The van der Waals surface area contributed by atoms with Crippen molar-refractivity contribution in [1.82, 2.24) is 5.32 Å². The molecule has 0 heterocycles. The van der Waals surface area contributed by atoms with Crippen LogP contribution in [0.1, 0.15) is 28.2 Å². The second-order valence-corrected chi connectivity index (χ2v) is 7.39. The number of methoxy groups -OCH3 is 1. The fourth-order valence-electron chi connectivity index (χ4n) is 3.92. The summed E-state index contributed by atoms with van der Waals surface area (Å²) in [6, 6.07) is 19.6. The summed E-state index contributed by atoms with van der Waals surface area (Å²) in [6.45, 7) is 0.102. The first-order valence-corrected chi connectivity index (χ1v) is 10.2. The van der Waals surface area contributed by atoms with E-state index in [4.69, 9.17) is 9.47 Å². The van der Waals surface area contributed by atoms with Gasteiger partial charge in [-0.15, -0.1) is 0 Å². The summed E-state index contributed by atoms with van der Waals surface area (Å²) in [6.07, 6.45) is -5.19. The van der Waals surface area contributed by atoms with Gasteiger partial charge in [-0.2, -0.15) is 13.2 Å². The summed E-state index contributed by atoms with van der Waals surface area (Å²) in [5.74, 6) is 4.91. The van der Waals surface area contributed by atoms with Gasteiger partial charge < -0.3 is 14.8 Å². The van der Waals surface area contributed by atoms with Crippen LogP contribution in [0.4, 0.5) is 18.0 Å². The van der Waals surface area contributed by atoms with Crippen molar-refractivity contribution in [2.75, 3.05) is 20.3 Å². The second kappa shape index (κ2) is 9.29. The molecule has 3 aromatic carbocycles. The first kappa shape index (κ1) is 22.3. The molecule has 4 nitrogen and oxygen atoms in total. The molecule has 1 N–H and O–H groups in total. The number of halogens is 3. The molecule has 7 heteroatoms. The molecule has 0 saturated carbocycles. The lowest BCUT2D eigenvalue weighted by Gasteiger charge is -2.14. The van der Waals surface area contributed by atoms with Gasteiger partial charge in [-0.25, -0.2) is 4.79 Å². The maximum absolute atomic E-state index is 13.1. The molecular weight excluding hydrogens is 431 g/mol. The minimum atomic E-state index is -4.55. The number of nitrogens with one attached hydrogen (secondary N) is 1. The van der Waals surface area contributed by atoms with Crippen LogP contribution in [0.25, 0.3) is 11.1 Å². The van der Waals surface area contributed by atoms with Crippen molar-refractivity contribution in [2.45, 2.75) is 12.1 Å². The Morgan fingerprint density at radius 2 is 1.64 bits per heavy atom. The van der Waals surface area contributed by atoms with Crippen molar-refractivity contribution in [3.63, 3.8) is 0 Å². The van der Waals surface area contributed by atoms with E-state index in [9.17, 15) is 18.0 Å². The molecule has 1 aliphatic carbocycles. The molecular formula is C26H20F3NO3. The van der Waals surface area contributed by atoms with Crippen LogP contribution in [0.5, 0.6) is 5.75 Å². The lowest BCUT2D eigenvalue weighted by molar-refractivity contribution is -0.138. The third-order valence-corrected chi connectivity index (χ3v) is 5.40. The van der Waals surface area contributed by atoms with Gasteiger partial charge in [-0.05, 0) is 40.5 Å².